The van der Waals surface area contributed by atoms with Crippen LogP contribution < -0.4 is 5.32 Å². The summed E-state index contributed by atoms with van der Waals surface area (Å²) in [5.41, 5.74) is 2.47. The molecule has 128 valence electrons. The average molecular weight is 318 g/mol. The summed E-state index contributed by atoms with van der Waals surface area (Å²) in [5, 5.41) is 2.74. The van der Waals surface area contributed by atoms with Gasteiger partial charge in [0, 0.05) is 20.5 Å². The first-order valence-corrected chi connectivity index (χ1v) is 8.14. The standard InChI is InChI=1S/C19H30N2O2/c1-13(2)17(20-14(3)22)18(23)21(7)12-15-8-10-16(11-9-15)19(4,5)6/h8-11,13,17H,12H2,1-7H3,(H,20,22). The van der Waals surface area contributed by atoms with Crippen LogP contribution in [0.15, 0.2) is 24.3 Å². The predicted molar refractivity (Wildman–Crippen MR) is 94.1 cm³/mol. The van der Waals surface area contributed by atoms with Gasteiger partial charge in [-0.15, -0.1) is 0 Å². The first-order chi connectivity index (χ1) is 10.5. The molecule has 0 aromatic heterocycles. The van der Waals surface area contributed by atoms with Gasteiger partial charge in [-0.25, -0.2) is 0 Å². The molecule has 1 unspecified atom stereocenters. The molecule has 0 bridgehead atoms. The van der Waals surface area contributed by atoms with Gasteiger partial charge in [-0.2, -0.15) is 0 Å². The van der Waals surface area contributed by atoms with E-state index in [9.17, 15) is 9.59 Å². The van der Waals surface area contributed by atoms with Crippen LogP contribution in [-0.2, 0) is 21.5 Å². The number of hydrogen-bond donors (Lipinski definition) is 1. The molecule has 0 heterocycles. The van der Waals surface area contributed by atoms with E-state index in [1.807, 2.05) is 13.8 Å². The second-order valence-corrected chi connectivity index (χ2v) is 7.56. The fraction of sp³-hybridized carbons (Fsp3) is 0.579. The van der Waals surface area contributed by atoms with Gasteiger partial charge >= 0.3 is 0 Å². The summed E-state index contributed by atoms with van der Waals surface area (Å²) in [6.07, 6.45) is 0. The summed E-state index contributed by atoms with van der Waals surface area (Å²) in [7, 11) is 1.77. The summed E-state index contributed by atoms with van der Waals surface area (Å²) in [6.45, 7) is 12.4. The quantitative estimate of drug-likeness (QED) is 0.907. The molecule has 0 aliphatic carbocycles. The zero-order chi connectivity index (χ0) is 17.8. The molecule has 0 aliphatic rings. The Morgan fingerprint density at radius 2 is 1.65 bits per heavy atom. The van der Waals surface area contributed by atoms with Crippen molar-refractivity contribution in [3.63, 3.8) is 0 Å². The molecule has 23 heavy (non-hydrogen) atoms. The van der Waals surface area contributed by atoms with Crippen molar-refractivity contribution in [3.8, 4) is 0 Å². The van der Waals surface area contributed by atoms with Gasteiger partial charge < -0.3 is 10.2 Å². The Kier molecular flexibility index (Phi) is 6.37. The van der Waals surface area contributed by atoms with Gasteiger partial charge in [-0.3, -0.25) is 9.59 Å². The Hall–Kier alpha value is -1.84. The molecule has 0 radical (unpaired) electrons. The van der Waals surface area contributed by atoms with Crippen LogP contribution in [-0.4, -0.2) is 29.8 Å². The van der Waals surface area contributed by atoms with Crippen LogP contribution in [0.2, 0.25) is 0 Å². The molecule has 4 heteroatoms. The molecule has 1 N–H and O–H groups in total. The van der Waals surface area contributed by atoms with Crippen molar-refractivity contribution in [1.29, 1.82) is 0 Å². The van der Waals surface area contributed by atoms with Crippen molar-refractivity contribution >= 4 is 11.8 Å². The lowest BCUT2D eigenvalue weighted by atomic mass is 9.87. The molecule has 2 amide bonds. The second kappa shape index (κ2) is 7.62. The van der Waals surface area contributed by atoms with Crippen molar-refractivity contribution in [3.05, 3.63) is 35.4 Å². The summed E-state index contributed by atoms with van der Waals surface area (Å²) in [4.78, 5) is 25.5. The van der Waals surface area contributed by atoms with Gasteiger partial charge in [-0.1, -0.05) is 58.9 Å². The van der Waals surface area contributed by atoms with Crippen LogP contribution in [0, 0.1) is 5.92 Å². The maximum atomic E-state index is 12.6. The smallest absolute Gasteiger partial charge is 0.245 e. The third-order valence-corrected chi connectivity index (χ3v) is 3.91. The normalized spacial score (nSPS) is 12.9. The maximum Gasteiger partial charge on any atom is 0.245 e. The molecule has 4 nitrogen and oxygen atoms in total. The van der Waals surface area contributed by atoms with Crippen molar-refractivity contribution in [2.75, 3.05) is 7.05 Å². The number of carbonyl (C=O) groups excluding carboxylic acids is 2. The lowest BCUT2D eigenvalue weighted by Crippen LogP contribution is -2.49. The van der Waals surface area contributed by atoms with E-state index in [2.05, 4.69) is 50.4 Å². The zero-order valence-electron chi connectivity index (χ0n) is 15.4. The summed E-state index contributed by atoms with van der Waals surface area (Å²) in [5.74, 6) is -0.188. The first-order valence-electron chi connectivity index (χ1n) is 8.14. The molecular weight excluding hydrogens is 288 g/mol. The number of likely N-dealkylation sites (N-methyl/N-ethyl adjacent to an activating group) is 1. The van der Waals surface area contributed by atoms with Crippen LogP contribution >= 0.6 is 0 Å². The number of nitrogens with one attached hydrogen (secondary N) is 1. The Labute approximate surface area is 140 Å². The van der Waals surface area contributed by atoms with Gasteiger partial charge in [0.2, 0.25) is 11.8 Å². The van der Waals surface area contributed by atoms with Gasteiger partial charge in [0.1, 0.15) is 6.04 Å². The van der Waals surface area contributed by atoms with E-state index in [1.54, 1.807) is 11.9 Å². The second-order valence-electron chi connectivity index (χ2n) is 7.56. The van der Waals surface area contributed by atoms with Gasteiger partial charge in [-0.05, 0) is 22.5 Å². The molecule has 1 rings (SSSR count). The Morgan fingerprint density at radius 3 is 2.04 bits per heavy atom. The monoisotopic (exact) mass is 318 g/mol. The summed E-state index contributed by atoms with van der Waals surface area (Å²) >= 11 is 0. The van der Waals surface area contributed by atoms with Crippen molar-refractivity contribution in [1.82, 2.24) is 10.2 Å². The molecule has 0 saturated carbocycles. The maximum absolute atomic E-state index is 12.6. The highest BCUT2D eigenvalue weighted by molar-refractivity contribution is 5.86. The predicted octanol–water partition coefficient (Wildman–Crippen LogP) is 3.10. The van der Waals surface area contributed by atoms with Crippen LogP contribution in [0.3, 0.4) is 0 Å². The van der Waals surface area contributed by atoms with E-state index in [0.717, 1.165) is 5.56 Å². The van der Waals surface area contributed by atoms with E-state index in [1.165, 1.54) is 12.5 Å². The Bertz CT molecular complexity index is 541. The van der Waals surface area contributed by atoms with Crippen molar-refractivity contribution < 1.29 is 9.59 Å². The molecule has 1 aromatic rings. The van der Waals surface area contributed by atoms with Gasteiger partial charge in [0.25, 0.3) is 0 Å². The number of carbonyl (C=O) groups is 2. The van der Waals surface area contributed by atoms with Gasteiger partial charge in [0.15, 0.2) is 0 Å². The van der Waals surface area contributed by atoms with Gasteiger partial charge in [0.05, 0.1) is 0 Å². The zero-order valence-corrected chi connectivity index (χ0v) is 15.4. The molecule has 0 spiro atoms. The fourth-order valence-corrected chi connectivity index (χ4v) is 2.43. The lowest BCUT2D eigenvalue weighted by molar-refractivity contribution is -0.136. The fourth-order valence-electron chi connectivity index (χ4n) is 2.43. The number of amides is 2. The van der Waals surface area contributed by atoms with E-state index in [-0.39, 0.29) is 23.1 Å². The molecule has 1 aromatic carbocycles. The molecular formula is C19H30N2O2. The minimum Gasteiger partial charge on any atom is -0.344 e. The summed E-state index contributed by atoms with van der Waals surface area (Å²) < 4.78 is 0. The van der Waals surface area contributed by atoms with Crippen molar-refractivity contribution in [2.24, 2.45) is 5.92 Å². The highest BCUT2D eigenvalue weighted by Crippen LogP contribution is 2.22. The molecule has 0 aliphatic heterocycles. The van der Waals surface area contributed by atoms with E-state index < -0.39 is 6.04 Å². The molecule has 1 atom stereocenters. The largest absolute Gasteiger partial charge is 0.344 e. The van der Waals surface area contributed by atoms with Crippen molar-refractivity contribution in [2.45, 2.75) is 59.5 Å². The minimum atomic E-state index is -0.480. The topological polar surface area (TPSA) is 49.4 Å². The minimum absolute atomic E-state index is 0.0529. The van der Waals surface area contributed by atoms with E-state index >= 15 is 0 Å². The van der Waals surface area contributed by atoms with E-state index in [4.69, 9.17) is 0 Å². The van der Waals surface area contributed by atoms with Crippen LogP contribution in [0.1, 0.15) is 52.7 Å². The van der Waals surface area contributed by atoms with Crippen LogP contribution in [0.25, 0.3) is 0 Å². The number of hydrogen-bond acceptors (Lipinski definition) is 2. The van der Waals surface area contributed by atoms with Crippen LogP contribution in [0.5, 0.6) is 0 Å². The Balaban J connectivity index is 2.79. The SMILES string of the molecule is CC(=O)NC(C(=O)N(C)Cc1ccc(C(C)(C)C)cc1)C(C)C. The molecule has 0 fully saturated rings. The van der Waals surface area contributed by atoms with Crippen LogP contribution in [0.4, 0.5) is 0 Å². The number of rotatable bonds is 5. The number of nitrogens with zero attached hydrogens (tertiary/aromatic N) is 1. The highest BCUT2D eigenvalue weighted by Gasteiger charge is 2.26. The average Bonchev–Trinajstić information content (AvgIpc) is 2.43. The number of benzene rings is 1. The lowest BCUT2D eigenvalue weighted by Gasteiger charge is -2.27. The summed E-state index contributed by atoms with van der Waals surface area (Å²) in [6, 6.07) is 7.87. The highest BCUT2D eigenvalue weighted by atomic mass is 16.2. The van der Waals surface area contributed by atoms with E-state index in [0.29, 0.717) is 6.54 Å². The molecule has 0 saturated heterocycles. The first kappa shape index (κ1) is 19.2. The third kappa shape index (κ3) is 5.70. The third-order valence-electron chi connectivity index (χ3n) is 3.91. The Morgan fingerprint density at radius 1 is 1.13 bits per heavy atom.